The van der Waals surface area contributed by atoms with Crippen molar-refractivity contribution < 1.29 is 38.2 Å². The van der Waals surface area contributed by atoms with Crippen LogP contribution in [-0.4, -0.2) is 71.0 Å². The van der Waals surface area contributed by atoms with Gasteiger partial charge in [-0.15, -0.1) is 0 Å². The number of ketones is 4. The second kappa shape index (κ2) is 24.1. The van der Waals surface area contributed by atoms with E-state index in [0.717, 1.165) is 12.8 Å². The Labute approximate surface area is 419 Å². The molecule has 4 aromatic rings. The lowest BCUT2D eigenvalue weighted by Crippen LogP contribution is -2.27. The van der Waals surface area contributed by atoms with Crippen molar-refractivity contribution in [2.45, 2.75) is 127 Å². The molecule has 0 bridgehead atoms. The summed E-state index contributed by atoms with van der Waals surface area (Å²) in [4.78, 5) is 83.2. The van der Waals surface area contributed by atoms with Gasteiger partial charge in [-0.25, -0.2) is 9.59 Å². The quantitative estimate of drug-likeness (QED) is 0.0954. The Morgan fingerprint density at radius 1 is 0.493 bits per heavy atom. The molecular formula is C57H74N2O8S2. The summed E-state index contributed by atoms with van der Waals surface area (Å²) in [5, 5.41) is 5.31. The molecule has 0 aliphatic heterocycles. The summed E-state index contributed by atoms with van der Waals surface area (Å²) in [5.74, 6) is -0.883. The molecule has 4 aromatic carbocycles. The van der Waals surface area contributed by atoms with Gasteiger partial charge in [0, 0.05) is 49.6 Å². The Balaban J connectivity index is 0.000000703. The van der Waals surface area contributed by atoms with E-state index in [-0.39, 0.29) is 90.4 Å². The maximum absolute atomic E-state index is 14.4. The van der Waals surface area contributed by atoms with E-state index >= 15 is 0 Å². The van der Waals surface area contributed by atoms with Gasteiger partial charge in [-0.05, 0) is 71.4 Å². The van der Waals surface area contributed by atoms with Gasteiger partial charge in [0.2, 0.25) is 0 Å². The van der Waals surface area contributed by atoms with E-state index in [1.807, 2.05) is 20.1 Å². The third-order valence-electron chi connectivity index (χ3n) is 12.2. The molecule has 0 saturated carbocycles. The average Bonchev–Trinajstić information content (AvgIpc) is 3.30. The number of anilines is 2. The molecule has 0 spiro atoms. The molecule has 0 radical (unpaired) electrons. The summed E-state index contributed by atoms with van der Waals surface area (Å²) in [5.41, 5.74) is 2.21. The maximum Gasteiger partial charge on any atom is 0.411 e. The van der Waals surface area contributed by atoms with Crippen molar-refractivity contribution in [1.82, 2.24) is 0 Å². The SMILES string of the molecule is CC.CCC(C)(C)CCC(C)(C)C.CSCCOC(=O)Nc1ccc(-c2ccc(NC(=O)OCCSC(C)(C)CCC(C)(C)C)c3c2C(=O)c2ccccc2C3=O)c2c1C(=O)c1ccccc1C2=O. The van der Waals surface area contributed by atoms with Crippen molar-refractivity contribution in [3.05, 3.63) is 117 Å². The van der Waals surface area contributed by atoms with E-state index in [2.05, 4.69) is 86.8 Å². The van der Waals surface area contributed by atoms with Crippen LogP contribution in [0.5, 0.6) is 0 Å². The number of hydrogen-bond donors (Lipinski definition) is 2. The van der Waals surface area contributed by atoms with Crippen LogP contribution in [-0.2, 0) is 9.47 Å². The first kappa shape index (κ1) is 56.4. The van der Waals surface area contributed by atoms with Gasteiger partial charge in [-0.3, -0.25) is 29.8 Å². The molecule has 2 amide bonds. The van der Waals surface area contributed by atoms with E-state index in [1.54, 1.807) is 66.4 Å². The van der Waals surface area contributed by atoms with Crippen LogP contribution in [0.1, 0.15) is 186 Å². The number of thioether (sulfide) groups is 2. The summed E-state index contributed by atoms with van der Waals surface area (Å²) in [6.45, 7) is 29.2. The van der Waals surface area contributed by atoms with Gasteiger partial charge in [0.25, 0.3) is 0 Å². The fraction of sp³-hybridized carbons (Fsp3) is 0.474. The first-order valence-electron chi connectivity index (χ1n) is 24.1. The van der Waals surface area contributed by atoms with Gasteiger partial charge in [0.15, 0.2) is 23.1 Å². The largest absolute Gasteiger partial charge is 0.448 e. The lowest BCUT2D eigenvalue weighted by molar-refractivity contribution is 0.0978. The zero-order chi connectivity index (χ0) is 51.5. The standard InChI is InChI=1S/C44H44N2O8S2.C11H24.C2H6/c1-43(2,3)19-20-44(4,5)56-24-22-54-42(52)46-32-18-16-26(34-36(32)40(50)30-14-10-8-12-28(30)38(34)48)25-15-17-31(45-41(51)53-21-23-55-6)35-33(25)37(47)27-11-7-9-13-29(27)39(35)49;1-7-11(5,6)9-8-10(2,3)4;1-2/h7-18H,19-24H2,1-6H3,(H,45,51)(H,46,52);7-9H2,1-6H3;1-2H3. The molecule has 12 heteroatoms. The third-order valence-corrected chi connectivity index (χ3v) is 14.2. The number of fused-ring (bicyclic) bond motifs is 4. The predicted molar refractivity (Wildman–Crippen MR) is 286 cm³/mol. The van der Waals surface area contributed by atoms with E-state index < -0.39 is 35.3 Å². The average molecular weight is 979 g/mol. The van der Waals surface area contributed by atoms with Gasteiger partial charge in [-0.2, -0.15) is 23.5 Å². The van der Waals surface area contributed by atoms with Gasteiger partial charge in [-0.1, -0.05) is 157 Å². The minimum absolute atomic E-state index is 0.0130. The van der Waals surface area contributed by atoms with Crippen LogP contribution in [0.2, 0.25) is 0 Å². The molecule has 0 fully saturated rings. The van der Waals surface area contributed by atoms with Crippen molar-refractivity contribution >= 4 is 70.2 Å². The van der Waals surface area contributed by atoms with Gasteiger partial charge in [0.1, 0.15) is 13.2 Å². The summed E-state index contributed by atoms with van der Waals surface area (Å²) >= 11 is 3.21. The van der Waals surface area contributed by atoms with Gasteiger partial charge in [0.05, 0.1) is 22.5 Å². The van der Waals surface area contributed by atoms with Crippen LogP contribution in [0.25, 0.3) is 11.1 Å². The Hall–Kier alpha value is -5.20. The number of nitrogens with one attached hydrogen (secondary N) is 2. The lowest BCUT2D eigenvalue weighted by atomic mass is 9.75. The minimum Gasteiger partial charge on any atom is -0.448 e. The van der Waals surface area contributed by atoms with E-state index in [4.69, 9.17) is 9.47 Å². The van der Waals surface area contributed by atoms with Crippen molar-refractivity contribution in [3.8, 4) is 11.1 Å². The fourth-order valence-electron chi connectivity index (χ4n) is 7.70. The molecule has 0 aromatic heterocycles. The molecule has 69 heavy (non-hydrogen) atoms. The second-order valence-electron chi connectivity index (χ2n) is 21.0. The number of rotatable bonds is 15. The second-order valence-corrected chi connectivity index (χ2v) is 23.8. The van der Waals surface area contributed by atoms with Crippen molar-refractivity contribution in [3.63, 3.8) is 0 Å². The van der Waals surface area contributed by atoms with E-state index in [1.165, 1.54) is 49.2 Å². The minimum atomic E-state index is -0.798. The van der Waals surface area contributed by atoms with Crippen molar-refractivity contribution in [2.75, 3.05) is 41.6 Å². The lowest BCUT2D eigenvalue weighted by Gasteiger charge is -2.28. The highest BCUT2D eigenvalue weighted by Gasteiger charge is 2.39. The number of amides is 2. The molecule has 0 atom stereocenters. The summed E-state index contributed by atoms with van der Waals surface area (Å²) < 4.78 is 10.8. The molecule has 6 rings (SSSR count). The zero-order valence-corrected chi connectivity index (χ0v) is 45.0. The molecular weight excluding hydrogens is 905 g/mol. The van der Waals surface area contributed by atoms with Crippen molar-refractivity contribution in [1.29, 1.82) is 0 Å². The first-order chi connectivity index (χ1) is 32.4. The molecule has 0 saturated heterocycles. The summed E-state index contributed by atoms with van der Waals surface area (Å²) in [7, 11) is 0. The Morgan fingerprint density at radius 3 is 1.22 bits per heavy atom. The number of hydrogen-bond acceptors (Lipinski definition) is 10. The first-order valence-corrected chi connectivity index (χ1v) is 26.5. The Kier molecular flexibility index (Phi) is 19.7. The summed E-state index contributed by atoms with van der Waals surface area (Å²) in [6, 6.07) is 18.8. The molecule has 2 aliphatic carbocycles. The Morgan fingerprint density at radius 2 is 0.855 bits per heavy atom. The number of benzene rings is 4. The predicted octanol–water partition coefficient (Wildman–Crippen LogP) is 15.0. The molecule has 2 N–H and O–H groups in total. The van der Waals surface area contributed by atoms with Crippen LogP contribution in [0.15, 0.2) is 72.8 Å². The van der Waals surface area contributed by atoms with Crippen LogP contribution in [0.4, 0.5) is 21.0 Å². The highest BCUT2D eigenvalue weighted by molar-refractivity contribution is 8.00. The Bertz CT molecular complexity index is 2530. The van der Waals surface area contributed by atoms with E-state index in [9.17, 15) is 28.8 Å². The molecule has 10 nitrogen and oxygen atoms in total. The maximum atomic E-state index is 14.4. The topological polar surface area (TPSA) is 145 Å². The smallest absolute Gasteiger partial charge is 0.411 e. The highest BCUT2D eigenvalue weighted by atomic mass is 32.2. The number of carbonyl (C=O) groups is 6. The van der Waals surface area contributed by atoms with Crippen LogP contribution in [0, 0.1) is 16.2 Å². The third kappa shape index (κ3) is 14.9. The molecule has 2 aliphatic rings. The van der Waals surface area contributed by atoms with Crippen LogP contribution < -0.4 is 10.6 Å². The fourth-order valence-corrected chi connectivity index (χ4v) is 8.92. The molecule has 0 heterocycles. The number of carbonyl (C=O) groups excluding carboxylic acids is 6. The summed E-state index contributed by atoms with van der Waals surface area (Å²) in [6.07, 6.45) is 6.33. The van der Waals surface area contributed by atoms with E-state index in [0.29, 0.717) is 22.3 Å². The normalized spacial score (nSPS) is 13.1. The number of ether oxygens (including phenoxy) is 2. The molecule has 0 unspecified atom stereocenters. The van der Waals surface area contributed by atoms with Crippen molar-refractivity contribution in [2.24, 2.45) is 16.2 Å². The highest BCUT2D eigenvalue weighted by Crippen LogP contribution is 2.44. The molecule has 372 valence electrons. The van der Waals surface area contributed by atoms with Crippen LogP contribution in [0.3, 0.4) is 0 Å². The van der Waals surface area contributed by atoms with Gasteiger partial charge < -0.3 is 9.47 Å². The monoisotopic (exact) mass is 978 g/mol. The van der Waals surface area contributed by atoms with Gasteiger partial charge >= 0.3 is 12.2 Å². The zero-order valence-electron chi connectivity index (χ0n) is 43.4. The van der Waals surface area contributed by atoms with Crippen LogP contribution >= 0.6 is 23.5 Å².